The van der Waals surface area contributed by atoms with E-state index in [4.69, 9.17) is 14.2 Å². The van der Waals surface area contributed by atoms with Gasteiger partial charge >= 0.3 is 11.9 Å². The van der Waals surface area contributed by atoms with Crippen molar-refractivity contribution >= 4 is 11.9 Å². The standard InChI is InChI=1S/C23H32O6/c1-13-7-8-16-17(20(13,4)5)18(19(25)27-6)21-11-14(2)22(12-21,28-15(3)24)9-10-23(21,26)29-16/h7-8,13,16-18,26H,2,9-12H2,1,3-6H3/t13-,16?,17?,18+,21+,22-,23+/m0/s1. The number of esters is 2. The van der Waals surface area contributed by atoms with E-state index in [1.807, 2.05) is 6.08 Å². The molecule has 6 nitrogen and oxygen atoms in total. The lowest BCUT2D eigenvalue weighted by Gasteiger charge is -2.63. The Kier molecular flexibility index (Phi) is 4.39. The second-order valence-electron chi connectivity index (χ2n) is 10.1. The average Bonchev–Trinajstić information content (AvgIpc) is 2.87. The minimum Gasteiger partial charge on any atom is -0.469 e. The molecular formula is C23H32O6. The molecule has 0 aromatic heterocycles. The number of ether oxygens (including phenoxy) is 3. The molecule has 1 spiro atoms. The van der Waals surface area contributed by atoms with Crippen LogP contribution in [0.5, 0.6) is 0 Å². The Morgan fingerprint density at radius 3 is 2.59 bits per heavy atom. The maximum Gasteiger partial charge on any atom is 0.309 e. The molecule has 2 saturated carbocycles. The summed E-state index contributed by atoms with van der Waals surface area (Å²) in [4.78, 5) is 25.1. The topological polar surface area (TPSA) is 82.1 Å². The van der Waals surface area contributed by atoms with Gasteiger partial charge in [0, 0.05) is 31.1 Å². The molecule has 29 heavy (non-hydrogen) atoms. The summed E-state index contributed by atoms with van der Waals surface area (Å²) < 4.78 is 17.4. The molecule has 0 aromatic rings. The highest BCUT2D eigenvalue weighted by Gasteiger charge is 2.76. The van der Waals surface area contributed by atoms with Crippen LogP contribution < -0.4 is 0 Å². The number of hydrogen-bond donors (Lipinski definition) is 1. The van der Waals surface area contributed by atoms with Crippen LogP contribution in [0.4, 0.5) is 0 Å². The van der Waals surface area contributed by atoms with Crippen molar-refractivity contribution in [2.24, 2.45) is 28.6 Å². The van der Waals surface area contributed by atoms with Gasteiger partial charge in [-0.1, -0.05) is 39.5 Å². The van der Waals surface area contributed by atoms with Gasteiger partial charge in [0.1, 0.15) is 5.60 Å². The molecule has 2 bridgehead atoms. The van der Waals surface area contributed by atoms with Crippen molar-refractivity contribution in [1.82, 2.24) is 0 Å². The van der Waals surface area contributed by atoms with Crippen molar-refractivity contribution in [3.8, 4) is 0 Å². The van der Waals surface area contributed by atoms with Gasteiger partial charge < -0.3 is 19.3 Å². The van der Waals surface area contributed by atoms with Crippen molar-refractivity contribution in [2.45, 2.75) is 70.9 Å². The van der Waals surface area contributed by atoms with Gasteiger partial charge in [0.25, 0.3) is 0 Å². The summed E-state index contributed by atoms with van der Waals surface area (Å²) in [6, 6.07) is 0. The zero-order chi connectivity index (χ0) is 21.4. The molecule has 3 aliphatic carbocycles. The Labute approximate surface area is 172 Å². The van der Waals surface area contributed by atoms with Gasteiger partial charge in [-0.05, 0) is 29.7 Å². The lowest BCUT2D eigenvalue weighted by Crippen LogP contribution is -2.69. The van der Waals surface area contributed by atoms with Crippen molar-refractivity contribution in [1.29, 1.82) is 0 Å². The normalized spacial score (nSPS) is 47.2. The summed E-state index contributed by atoms with van der Waals surface area (Å²) >= 11 is 0. The van der Waals surface area contributed by atoms with E-state index in [2.05, 4.69) is 33.4 Å². The van der Waals surface area contributed by atoms with Gasteiger partial charge in [-0.2, -0.15) is 0 Å². The Morgan fingerprint density at radius 2 is 1.97 bits per heavy atom. The maximum absolute atomic E-state index is 13.3. The first kappa shape index (κ1) is 20.6. The summed E-state index contributed by atoms with van der Waals surface area (Å²) in [7, 11) is 1.39. The molecule has 1 N–H and O–H groups in total. The quantitative estimate of drug-likeness (QED) is 0.562. The third-order valence-corrected chi connectivity index (χ3v) is 8.48. The van der Waals surface area contributed by atoms with E-state index in [1.165, 1.54) is 14.0 Å². The molecule has 2 unspecified atom stereocenters. The number of aliphatic hydroxyl groups is 1. The minimum absolute atomic E-state index is 0.172. The Balaban J connectivity index is 1.89. The summed E-state index contributed by atoms with van der Waals surface area (Å²) in [5.74, 6) is -2.76. The second-order valence-corrected chi connectivity index (χ2v) is 10.1. The van der Waals surface area contributed by atoms with Crippen LogP contribution in [-0.2, 0) is 23.8 Å². The predicted molar refractivity (Wildman–Crippen MR) is 105 cm³/mol. The van der Waals surface area contributed by atoms with Crippen LogP contribution in [0.15, 0.2) is 24.3 Å². The molecule has 1 heterocycles. The molecule has 0 aromatic carbocycles. The highest BCUT2D eigenvalue weighted by molar-refractivity contribution is 5.75. The van der Waals surface area contributed by atoms with Crippen molar-refractivity contribution in [3.05, 3.63) is 24.3 Å². The molecule has 6 heteroatoms. The number of carbonyl (C=O) groups excluding carboxylic acids is 2. The lowest BCUT2D eigenvalue weighted by molar-refractivity contribution is -0.366. The van der Waals surface area contributed by atoms with E-state index in [1.54, 1.807) is 0 Å². The van der Waals surface area contributed by atoms with Crippen LogP contribution in [0.3, 0.4) is 0 Å². The number of allylic oxidation sites excluding steroid dienone is 1. The first-order valence-electron chi connectivity index (χ1n) is 10.5. The van der Waals surface area contributed by atoms with E-state index in [-0.39, 0.29) is 41.7 Å². The third kappa shape index (κ3) is 2.54. The molecule has 4 aliphatic rings. The Hall–Kier alpha value is -1.66. The van der Waals surface area contributed by atoms with Gasteiger partial charge in [-0.3, -0.25) is 9.59 Å². The van der Waals surface area contributed by atoms with Gasteiger partial charge in [-0.25, -0.2) is 0 Å². The molecule has 1 aliphatic heterocycles. The van der Waals surface area contributed by atoms with Gasteiger partial charge in [-0.15, -0.1) is 0 Å². The molecular weight excluding hydrogens is 372 g/mol. The van der Waals surface area contributed by atoms with E-state index < -0.39 is 22.7 Å². The Morgan fingerprint density at radius 1 is 1.28 bits per heavy atom. The number of carbonyl (C=O) groups is 2. The highest BCUT2D eigenvalue weighted by Crippen LogP contribution is 2.71. The van der Waals surface area contributed by atoms with Crippen LogP contribution in [0.2, 0.25) is 0 Å². The van der Waals surface area contributed by atoms with Crippen LogP contribution >= 0.6 is 0 Å². The van der Waals surface area contributed by atoms with E-state index in [0.29, 0.717) is 19.3 Å². The van der Waals surface area contributed by atoms with Crippen molar-refractivity contribution in [3.63, 3.8) is 0 Å². The zero-order valence-corrected chi connectivity index (χ0v) is 18.0. The average molecular weight is 405 g/mol. The first-order valence-corrected chi connectivity index (χ1v) is 10.5. The van der Waals surface area contributed by atoms with E-state index in [9.17, 15) is 14.7 Å². The van der Waals surface area contributed by atoms with Gasteiger partial charge in [0.2, 0.25) is 0 Å². The van der Waals surface area contributed by atoms with Crippen molar-refractivity contribution < 1.29 is 28.9 Å². The predicted octanol–water partition coefficient (Wildman–Crippen LogP) is 3.14. The fourth-order valence-corrected chi connectivity index (χ4v) is 6.64. The highest BCUT2D eigenvalue weighted by atomic mass is 16.6. The van der Waals surface area contributed by atoms with E-state index in [0.717, 1.165) is 5.57 Å². The molecule has 160 valence electrons. The van der Waals surface area contributed by atoms with Gasteiger partial charge in [0.05, 0.1) is 19.1 Å². The van der Waals surface area contributed by atoms with Crippen LogP contribution in [0, 0.1) is 28.6 Å². The van der Waals surface area contributed by atoms with Gasteiger partial charge in [0.15, 0.2) is 5.79 Å². The van der Waals surface area contributed by atoms with Crippen LogP contribution in [0.1, 0.15) is 53.4 Å². The number of rotatable bonds is 2. The lowest BCUT2D eigenvalue weighted by atomic mass is 9.49. The number of hydrogen-bond acceptors (Lipinski definition) is 6. The summed E-state index contributed by atoms with van der Waals surface area (Å²) in [5.41, 5.74) is -1.30. The summed E-state index contributed by atoms with van der Waals surface area (Å²) in [6.07, 6.45) is 5.12. The number of methoxy groups -OCH3 is 1. The molecule has 4 rings (SSSR count). The fourth-order valence-electron chi connectivity index (χ4n) is 6.64. The first-order chi connectivity index (χ1) is 13.4. The van der Waals surface area contributed by atoms with E-state index >= 15 is 0 Å². The smallest absolute Gasteiger partial charge is 0.309 e. The summed E-state index contributed by atoms with van der Waals surface area (Å²) in [5, 5.41) is 11.8. The van der Waals surface area contributed by atoms with Crippen molar-refractivity contribution in [2.75, 3.05) is 7.11 Å². The minimum atomic E-state index is -1.50. The fraction of sp³-hybridized carbons (Fsp3) is 0.739. The second kappa shape index (κ2) is 6.17. The van der Waals surface area contributed by atoms with Crippen LogP contribution in [0.25, 0.3) is 0 Å². The third-order valence-electron chi connectivity index (χ3n) is 8.48. The Bertz CT molecular complexity index is 799. The SMILES string of the molecule is C=C1C[C@]23C[C@@]1(OC(C)=O)CC[C@@]2(O)OC1C=C[C@H](C)C(C)(C)C1[C@@H]3C(=O)OC. The molecule has 7 atom stereocenters. The van der Waals surface area contributed by atoms with Crippen LogP contribution in [-0.4, -0.2) is 41.6 Å². The molecule has 0 amide bonds. The summed E-state index contributed by atoms with van der Waals surface area (Å²) in [6.45, 7) is 12.0. The monoisotopic (exact) mass is 404 g/mol. The maximum atomic E-state index is 13.3. The molecule has 1 saturated heterocycles. The zero-order valence-electron chi connectivity index (χ0n) is 18.0. The molecule has 3 fully saturated rings. The number of fused-ring (bicyclic) bond motifs is 2. The largest absolute Gasteiger partial charge is 0.469 e. The molecule has 0 radical (unpaired) electrons.